The number of nitrogens with one attached hydrogen (secondary N) is 1. The monoisotopic (exact) mass is 451 g/mol. The number of rotatable bonds is 8. The van der Waals surface area contributed by atoms with Gasteiger partial charge in [0.2, 0.25) is 0 Å². The van der Waals surface area contributed by atoms with Gasteiger partial charge in [0, 0.05) is 60.4 Å². The lowest BCUT2D eigenvalue weighted by molar-refractivity contribution is 0.506. The van der Waals surface area contributed by atoms with E-state index in [1.54, 1.807) is 12.1 Å². The standard InChI is InChI=1S/C22H27ClFN3O2S/c1-15(2)13-27-14-16(9-10-25-30(28,29)26(3)4)18-11-21(24)19(12-22(18)27)17-7-5-6-8-20(17)23/h5-8,11-12,14-15,25H,9-10,13H2,1-4H3. The van der Waals surface area contributed by atoms with Crippen molar-refractivity contribution >= 4 is 32.7 Å². The molecule has 0 amide bonds. The summed E-state index contributed by atoms with van der Waals surface area (Å²) in [6.07, 6.45) is 2.45. The third kappa shape index (κ3) is 4.86. The fourth-order valence-corrected chi connectivity index (χ4v) is 4.31. The molecule has 0 saturated carbocycles. The van der Waals surface area contributed by atoms with Gasteiger partial charge in [0.25, 0.3) is 10.2 Å². The van der Waals surface area contributed by atoms with Gasteiger partial charge in [0.1, 0.15) is 5.82 Å². The average Bonchev–Trinajstić information content (AvgIpc) is 2.97. The number of aromatic nitrogens is 1. The van der Waals surface area contributed by atoms with Crippen molar-refractivity contribution in [3.05, 3.63) is 59.0 Å². The molecule has 0 atom stereocenters. The van der Waals surface area contributed by atoms with Crippen molar-refractivity contribution in [2.24, 2.45) is 5.92 Å². The molecule has 0 radical (unpaired) electrons. The van der Waals surface area contributed by atoms with E-state index in [0.29, 0.717) is 28.5 Å². The molecule has 1 aromatic heterocycles. The van der Waals surface area contributed by atoms with Crippen LogP contribution < -0.4 is 4.72 Å². The molecule has 1 heterocycles. The molecule has 1 N–H and O–H groups in total. The minimum atomic E-state index is -3.50. The van der Waals surface area contributed by atoms with E-state index >= 15 is 4.39 Å². The van der Waals surface area contributed by atoms with Gasteiger partial charge in [0.15, 0.2) is 0 Å². The van der Waals surface area contributed by atoms with Gasteiger partial charge in [-0.2, -0.15) is 12.7 Å². The summed E-state index contributed by atoms with van der Waals surface area (Å²) in [6.45, 7) is 5.24. The van der Waals surface area contributed by atoms with E-state index in [0.717, 1.165) is 27.3 Å². The van der Waals surface area contributed by atoms with Crippen LogP contribution in [0.5, 0.6) is 0 Å². The molecule has 8 heteroatoms. The van der Waals surface area contributed by atoms with Gasteiger partial charge in [-0.25, -0.2) is 9.11 Å². The van der Waals surface area contributed by atoms with E-state index in [-0.39, 0.29) is 12.4 Å². The van der Waals surface area contributed by atoms with Gasteiger partial charge in [-0.3, -0.25) is 0 Å². The highest BCUT2D eigenvalue weighted by atomic mass is 35.5. The third-order valence-corrected chi connectivity index (χ3v) is 6.80. The second-order valence-electron chi connectivity index (χ2n) is 7.96. The number of fused-ring (bicyclic) bond motifs is 1. The maximum atomic E-state index is 15.1. The summed E-state index contributed by atoms with van der Waals surface area (Å²) in [6, 6.07) is 10.6. The van der Waals surface area contributed by atoms with Crippen LogP contribution in [0.1, 0.15) is 19.4 Å². The van der Waals surface area contributed by atoms with Crippen LogP contribution in [-0.4, -0.2) is 37.9 Å². The Morgan fingerprint density at radius 2 is 1.87 bits per heavy atom. The van der Waals surface area contributed by atoms with E-state index in [9.17, 15) is 8.42 Å². The molecule has 0 unspecified atom stereocenters. The Bertz CT molecular complexity index is 1160. The van der Waals surface area contributed by atoms with Crippen LogP contribution in [0.4, 0.5) is 4.39 Å². The summed E-state index contributed by atoms with van der Waals surface area (Å²) in [5.41, 5.74) is 2.91. The van der Waals surface area contributed by atoms with Crippen LogP contribution in [0.2, 0.25) is 5.02 Å². The Balaban J connectivity index is 2.03. The molecule has 0 aliphatic rings. The van der Waals surface area contributed by atoms with Crippen molar-refractivity contribution in [3.63, 3.8) is 0 Å². The lowest BCUT2D eigenvalue weighted by Gasteiger charge is -2.12. The highest BCUT2D eigenvalue weighted by Crippen LogP contribution is 2.34. The quantitative estimate of drug-likeness (QED) is 0.540. The van der Waals surface area contributed by atoms with E-state index < -0.39 is 10.2 Å². The maximum Gasteiger partial charge on any atom is 0.278 e. The Morgan fingerprint density at radius 1 is 1.17 bits per heavy atom. The van der Waals surface area contributed by atoms with Crippen molar-refractivity contribution in [2.45, 2.75) is 26.8 Å². The van der Waals surface area contributed by atoms with Crippen LogP contribution in [-0.2, 0) is 23.2 Å². The first-order chi connectivity index (χ1) is 14.1. The van der Waals surface area contributed by atoms with Crippen molar-refractivity contribution in [3.8, 4) is 11.1 Å². The molecule has 3 rings (SSSR count). The number of hydrogen-bond acceptors (Lipinski definition) is 2. The van der Waals surface area contributed by atoms with Crippen LogP contribution in [0, 0.1) is 11.7 Å². The molecule has 0 aliphatic heterocycles. The molecule has 0 spiro atoms. The van der Waals surface area contributed by atoms with E-state index in [4.69, 9.17) is 11.6 Å². The fraction of sp³-hybridized carbons (Fsp3) is 0.364. The van der Waals surface area contributed by atoms with E-state index in [1.807, 2.05) is 24.4 Å². The molecule has 3 aromatic rings. The van der Waals surface area contributed by atoms with Gasteiger partial charge in [-0.1, -0.05) is 43.6 Å². The van der Waals surface area contributed by atoms with Crippen LogP contribution in [0.15, 0.2) is 42.6 Å². The van der Waals surface area contributed by atoms with Crippen molar-refractivity contribution < 1.29 is 12.8 Å². The predicted octanol–water partition coefficient (Wildman–Crippen LogP) is 4.70. The molecule has 0 bridgehead atoms. The minimum absolute atomic E-state index is 0.231. The first-order valence-electron chi connectivity index (χ1n) is 9.83. The van der Waals surface area contributed by atoms with Crippen LogP contribution >= 0.6 is 11.6 Å². The smallest absolute Gasteiger partial charge is 0.278 e. The number of nitrogens with zero attached hydrogens (tertiary/aromatic N) is 2. The molecular formula is C22H27ClFN3O2S. The Morgan fingerprint density at radius 3 is 2.50 bits per heavy atom. The fourth-order valence-electron chi connectivity index (χ4n) is 3.46. The van der Waals surface area contributed by atoms with Gasteiger partial charge in [-0.05, 0) is 36.1 Å². The zero-order valence-electron chi connectivity index (χ0n) is 17.6. The molecule has 5 nitrogen and oxygen atoms in total. The van der Waals surface area contributed by atoms with Crippen molar-refractivity contribution in [1.82, 2.24) is 13.6 Å². The molecule has 0 saturated heterocycles. The number of benzene rings is 2. The van der Waals surface area contributed by atoms with Gasteiger partial charge < -0.3 is 4.57 Å². The molecule has 162 valence electrons. The number of halogens is 2. The highest BCUT2D eigenvalue weighted by Gasteiger charge is 2.17. The molecule has 0 aliphatic carbocycles. The van der Waals surface area contributed by atoms with Crippen LogP contribution in [0.25, 0.3) is 22.0 Å². The van der Waals surface area contributed by atoms with E-state index in [1.165, 1.54) is 20.2 Å². The summed E-state index contributed by atoms with van der Waals surface area (Å²) in [7, 11) is -0.552. The van der Waals surface area contributed by atoms with Crippen LogP contribution in [0.3, 0.4) is 0 Å². The lowest BCUT2D eigenvalue weighted by atomic mass is 10.0. The SMILES string of the molecule is CC(C)Cn1cc(CCNS(=O)(=O)N(C)C)c2cc(F)c(-c3ccccc3Cl)cc21. The Labute approximate surface area is 182 Å². The van der Waals surface area contributed by atoms with E-state index in [2.05, 4.69) is 23.1 Å². The summed E-state index contributed by atoms with van der Waals surface area (Å²) in [5, 5.41) is 1.28. The molecule has 0 fully saturated rings. The first kappa shape index (κ1) is 22.7. The summed E-state index contributed by atoms with van der Waals surface area (Å²) in [5.74, 6) is 0.0440. The minimum Gasteiger partial charge on any atom is -0.347 e. The molecule has 2 aromatic carbocycles. The van der Waals surface area contributed by atoms with Gasteiger partial charge >= 0.3 is 0 Å². The predicted molar refractivity (Wildman–Crippen MR) is 121 cm³/mol. The molecule has 30 heavy (non-hydrogen) atoms. The second kappa shape index (κ2) is 9.06. The average molecular weight is 452 g/mol. The zero-order valence-corrected chi connectivity index (χ0v) is 19.2. The zero-order chi connectivity index (χ0) is 22.1. The highest BCUT2D eigenvalue weighted by molar-refractivity contribution is 7.87. The van der Waals surface area contributed by atoms with Gasteiger partial charge in [-0.15, -0.1) is 0 Å². The number of hydrogen-bond donors (Lipinski definition) is 1. The lowest BCUT2D eigenvalue weighted by Crippen LogP contribution is -2.36. The third-order valence-electron chi connectivity index (χ3n) is 4.94. The van der Waals surface area contributed by atoms with Crippen molar-refractivity contribution in [2.75, 3.05) is 20.6 Å². The summed E-state index contributed by atoms with van der Waals surface area (Å²) >= 11 is 6.31. The van der Waals surface area contributed by atoms with Crippen molar-refractivity contribution in [1.29, 1.82) is 0 Å². The second-order valence-corrected chi connectivity index (χ2v) is 10.3. The topological polar surface area (TPSA) is 54.3 Å². The summed E-state index contributed by atoms with van der Waals surface area (Å²) < 4.78 is 44.8. The normalized spacial score (nSPS) is 12.4. The largest absolute Gasteiger partial charge is 0.347 e. The van der Waals surface area contributed by atoms with Gasteiger partial charge in [0.05, 0.1) is 0 Å². The maximum absolute atomic E-state index is 15.1. The molecular weight excluding hydrogens is 425 g/mol. The Hall–Kier alpha value is -1.93. The Kier molecular flexibility index (Phi) is 6.87. The first-order valence-corrected chi connectivity index (χ1v) is 11.6. The summed E-state index contributed by atoms with van der Waals surface area (Å²) in [4.78, 5) is 0.